The predicted molar refractivity (Wildman–Crippen MR) is 89.0 cm³/mol. The average Bonchev–Trinajstić information content (AvgIpc) is 2.56. The van der Waals surface area contributed by atoms with E-state index in [9.17, 15) is 4.39 Å². The van der Waals surface area contributed by atoms with E-state index in [1.807, 2.05) is 18.2 Å². The van der Waals surface area contributed by atoms with Gasteiger partial charge in [0.2, 0.25) is 0 Å². The van der Waals surface area contributed by atoms with Gasteiger partial charge in [-0.15, -0.1) is 0 Å². The van der Waals surface area contributed by atoms with Crippen LogP contribution in [0.25, 0.3) is 11.1 Å². The van der Waals surface area contributed by atoms with Crippen LogP contribution in [0.15, 0.2) is 78.9 Å². The molecule has 0 nitrogen and oxygen atoms in total. The molecule has 3 rings (SSSR count). The van der Waals surface area contributed by atoms with Crippen molar-refractivity contribution in [2.45, 2.75) is 4.83 Å². The van der Waals surface area contributed by atoms with Gasteiger partial charge in [0.15, 0.2) is 0 Å². The van der Waals surface area contributed by atoms with E-state index in [0.29, 0.717) is 0 Å². The Hall–Kier alpha value is -1.93. The zero-order valence-corrected chi connectivity index (χ0v) is 12.9. The minimum atomic E-state index is -0.210. The summed E-state index contributed by atoms with van der Waals surface area (Å²) in [5, 5.41) is 0. The monoisotopic (exact) mass is 340 g/mol. The Morgan fingerprint density at radius 2 is 1.10 bits per heavy atom. The first-order chi connectivity index (χ1) is 10.2. The molecule has 0 heterocycles. The van der Waals surface area contributed by atoms with Crippen molar-refractivity contribution >= 4 is 15.9 Å². The summed E-state index contributed by atoms with van der Waals surface area (Å²) in [5.41, 5.74) is 4.60. The molecule has 21 heavy (non-hydrogen) atoms. The summed E-state index contributed by atoms with van der Waals surface area (Å²) in [6.45, 7) is 0. The molecular formula is C19H14BrF. The number of hydrogen-bond donors (Lipinski definition) is 0. The summed E-state index contributed by atoms with van der Waals surface area (Å²) in [4.78, 5) is 0.0722. The van der Waals surface area contributed by atoms with Crippen LogP contribution in [0.3, 0.4) is 0 Å². The second-order valence-electron chi connectivity index (χ2n) is 4.90. The van der Waals surface area contributed by atoms with Crippen molar-refractivity contribution in [3.05, 3.63) is 95.8 Å². The Kier molecular flexibility index (Phi) is 4.16. The average molecular weight is 341 g/mol. The Bertz CT molecular complexity index is 703. The molecule has 0 fully saturated rings. The molecule has 0 aliphatic carbocycles. The van der Waals surface area contributed by atoms with Gasteiger partial charge in [-0.3, -0.25) is 0 Å². The van der Waals surface area contributed by atoms with Crippen LogP contribution in [-0.2, 0) is 0 Å². The zero-order chi connectivity index (χ0) is 14.7. The van der Waals surface area contributed by atoms with Gasteiger partial charge < -0.3 is 0 Å². The van der Waals surface area contributed by atoms with Crippen LogP contribution in [0.1, 0.15) is 16.0 Å². The van der Waals surface area contributed by atoms with E-state index in [0.717, 1.165) is 11.1 Å². The second kappa shape index (κ2) is 6.23. The van der Waals surface area contributed by atoms with Gasteiger partial charge in [-0.1, -0.05) is 82.7 Å². The molecule has 0 saturated carbocycles. The van der Waals surface area contributed by atoms with Crippen molar-refractivity contribution < 1.29 is 4.39 Å². The van der Waals surface area contributed by atoms with E-state index in [1.165, 1.54) is 23.3 Å². The van der Waals surface area contributed by atoms with Gasteiger partial charge in [-0.2, -0.15) is 0 Å². The SMILES string of the molecule is Fc1ccc(C(Br)c2ccc(-c3ccccc3)cc2)cc1. The minimum Gasteiger partial charge on any atom is -0.207 e. The molecule has 2 heteroatoms. The Labute approximate surface area is 132 Å². The first-order valence-electron chi connectivity index (χ1n) is 6.79. The fourth-order valence-corrected chi connectivity index (χ4v) is 2.91. The number of halogens is 2. The molecule has 0 aliphatic rings. The topological polar surface area (TPSA) is 0 Å². The van der Waals surface area contributed by atoms with Crippen molar-refractivity contribution in [1.82, 2.24) is 0 Å². The van der Waals surface area contributed by atoms with E-state index in [4.69, 9.17) is 0 Å². The summed E-state index contributed by atoms with van der Waals surface area (Å²) in [6.07, 6.45) is 0. The van der Waals surface area contributed by atoms with Gasteiger partial charge in [0.25, 0.3) is 0 Å². The highest BCUT2D eigenvalue weighted by molar-refractivity contribution is 9.09. The molecule has 0 spiro atoms. The first kappa shape index (κ1) is 14.0. The van der Waals surface area contributed by atoms with E-state index in [1.54, 1.807) is 12.1 Å². The van der Waals surface area contributed by atoms with Gasteiger partial charge in [0.1, 0.15) is 5.82 Å². The molecule has 3 aromatic carbocycles. The Morgan fingerprint density at radius 3 is 1.67 bits per heavy atom. The van der Waals surface area contributed by atoms with Gasteiger partial charge in [-0.05, 0) is 34.4 Å². The quantitative estimate of drug-likeness (QED) is 0.514. The summed E-state index contributed by atoms with van der Waals surface area (Å²) >= 11 is 3.68. The van der Waals surface area contributed by atoms with E-state index in [-0.39, 0.29) is 10.6 Å². The fourth-order valence-electron chi connectivity index (χ4n) is 2.30. The van der Waals surface area contributed by atoms with Crippen LogP contribution >= 0.6 is 15.9 Å². The third-order valence-corrected chi connectivity index (χ3v) is 4.53. The zero-order valence-electron chi connectivity index (χ0n) is 11.3. The highest BCUT2D eigenvalue weighted by Gasteiger charge is 2.10. The lowest BCUT2D eigenvalue weighted by Gasteiger charge is -2.11. The minimum absolute atomic E-state index is 0.0722. The molecule has 0 N–H and O–H groups in total. The van der Waals surface area contributed by atoms with Crippen molar-refractivity contribution in [3.8, 4) is 11.1 Å². The van der Waals surface area contributed by atoms with Crippen molar-refractivity contribution in [1.29, 1.82) is 0 Å². The highest BCUT2D eigenvalue weighted by Crippen LogP contribution is 2.32. The lowest BCUT2D eigenvalue weighted by Crippen LogP contribution is -1.93. The molecule has 0 bridgehead atoms. The van der Waals surface area contributed by atoms with Gasteiger partial charge in [0, 0.05) is 0 Å². The van der Waals surface area contributed by atoms with Gasteiger partial charge in [-0.25, -0.2) is 4.39 Å². The molecule has 0 radical (unpaired) electrons. The molecule has 3 aromatic rings. The summed E-state index contributed by atoms with van der Waals surface area (Å²) in [7, 11) is 0. The molecule has 0 amide bonds. The summed E-state index contributed by atoms with van der Waals surface area (Å²) in [6, 6.07) is 25.3. The largest absolute Gasteiger partial charge is 0.207 e. The van der Waals surface area contributed by atoms with Crippen LogP contribution in [-0.4, -0.2) is 0 Å². The van der Waals surface area contributed by atoms with Crippen molar-refractivity contribution in [2.75, 3.05) is 0 Å². The molecule has 1 atom stereocenters. The molecule has 104 valence electrons. The Balaban J connectivity index is 1.85. The standard InChI is InChI=1S/C19H14BrF/c20-19(17-10-12-18(21)13-11-17)16-8-6-15(7-9-16)14-4-2-1-3-5-14/h1-13,19H. The fraction of sp³-hybridized carbons (Fsp3) is 0.0526. The summed E-state index contributed by atoms with van der Waals surface area (Å²) in [5.74, 6) is -0.210. The smallest absolute Gasteiger partial charge is 0.123 e. The van der Waals surface area contributed by atoms with Gasteiger partial charge >= 0.3 is 0 Å². The Morgan fingerprint density at radius 1 is 0.619 bits per heavy atom. The third kappa shape index (κ3) is 3.22. The molecular weight excluding hydrogens is 327 g/mol. The lowest BCUT2D eigenvalue weighted by atomic mass is 10.0. The number of hydrogen-bond acceptors (Lipinski definition) is 0. The van der Waals surface area contributed by atoms with E-state index in [2.05, 4.69) is 52.3 Å². The normalized spacial score (nSPS) is 12.1. The van der Waals surface area contributed by atoms with E-state index < -0.39 is 0 Å². The van der Waals surface area contributed by atoms with Crippen molar-refractivity contribution in [3.63, 3.8) is 0 Å². The predicted octanol–water partition coefficient (Wildman–Crippen LogP) is 5.98. The maximum atomic E-state index is 13.0. The molecule has 0 aliphatic heterocycles. The van der Waals surface area contributed by atoms with Crippen LogP contribution < -0.4 is 0 Å². The van der Waals surface area contributed by atoms with Gasteiger partial charge in [0.05, 0.1) is 4.83 Å². The third-order valence-electron chi connectivity index (χ3n) is 3.47. The molecule has 0 saturated heterocycles. The van der Waals surface area contributed by atoms with Crippen LogP contribution in [0.4, 0.5) is 4.39 Å². The summed E-state index contributed by atoms with van der Waals surface area (Å²) < 4.78 is 13.0. The first-order valence-corrected chi connectivity index (χ1v) is 7.70. The number of alkyl halides is 1. The second-order valence-corrected chi connectivity index (χ2v) is 5.82. The lowest BCUT2D eigenvalue weighted by molar-refractivity contribution is 0.627. The van der Waals surface area contributed by atoms with Crippen molar-refractivity contribution in [2.24, 2.45) is 0 Å². The molecule has 0 aromatic heterocycles. The highest BCUT2D eigenvalue weighted by atomic mass is 79.9. The van der Waals surface area contributed by atoms with Crippen LogP contribution in [0.5, 0.6) is 0 Å². The van der Waals surface area contributed by atoms with Crippen LogP contribution in [0.2, 0.25) is 0 Å². The number of benzene rings is 3. The van der Waals surface area contributed by atoms with Crippen LogP contribution in [0, 0.1) is 5.82 Å². The van der Waals surface area contributed by atoms with E-state index >= 15 is 0 Å². The number of rotatable bonds is 3. The maximum Gasteiger partial charge on any atom is 0.123 e. The maximum absolute atomic E-state index is 13.0. The molecule has 1 unspecified atom stereocenters.